The summed E-state index contributed by atoms with van der Waals surface area (Å²) in [6, 6.07) is 6.92. The summed E-state index contributed by atoms with van der Waals surface area (Å²) < 4.78 is 11.6. The van der Waals surface area contributed by atoms with Crippen molar-refractivity contribution in [3.63, 3.8) is 0 Å². The van der Waals surface area contributed by atoms with E-state index in [1.807, 2.05) is 6.07 Å². The highest BCUT2D eigenvalue weighted by Crippen LogP contribution is 2.34. The summed E-state index contributed by atoms with van der Waals surface area (Å²) in [5, 5.41) is 6.25. The number of carbonyl (C=O) groups excluding carboxylic acids is 2. The summed E-state index contributed by atoms with van der Waals surface area (Å²) in [6.07, 6.45) is 4.31. The predicted molar refractivity (Wildman–Crippen MR) is 151 cm³/mol. The predicted octanol–water partition coefficient (Wildman–Crippen LogP) is 5.16. The number of anilines is 2. The lowest BCUT2D eigenvalue weighted by Gasteiger charge is -2.33. The number of rotatable bonds is 7. The summed E-state index contributed by atoms with van der Waals surface area (Å²) in [7, 11) is 1.32. The number of nitrogens with zero attached hydrogens (tertiary/aromatic N) is 5. The van der Waals surface area contributed by atoms with Crippen LogP contribution in [0.1, 0.15) is 44.9 Å². The fourth-order valence-corrected chi connectivity index (χ4v) is 6.24. The maximum atomic E-state index is 12.5. The molecule has 0 aliphatic carbocycles. The molecule has 3 aromatic heterocycles. The molecule has 1 aliphatic rings. The Morgan fingerprint density at radius 2 is 2.03 bits per heavy atom. The third kappa shape index (κ3) is 5.66. The van der Waals surface area contributed by atoms with Crippen molar-refractivity contribution < 1.29 is 19.1 Å². The van der Waals surface area contributed by atoms with E-state index >= 15 is 0 Å². The minimum Gasteiger partial charge on any atom is -0.465 e. The number of thiazole rings is 1. The zero-order valence-electron chi connectivity index (χ0n) is 21.3. The smallest absolute Gasteiger partial charge is 0.358 e. The lowest BCUT2D eigenvalue weighted by Crippen LogP contribution is -2.37. The molecule has 39 heavy (non-hydrogen) atoms. The summed E-state index contributed by atoms with van der Waals surface area (Å²) in [4.78, 5) is 36.4. The standard InChI is InChI=1S/C26H26Cl2N6O4S/c1-3-38-25(35)18-11-20-24(30-19(13-34(20)32-18)16-7-6-15(27)10-17(16)28)33-8-4-5-14(12-33)9-21-31-23(29)22(39-21)26(36)37-2/h6-7,10-11,13-14H,3-5,8-9,12,29H2,1-2H3. The first-order valence-corrected chi connectivity index (χ1v) is 14.0. The molecule has 0 bridgehead atoms. The Morgan fingerprint density at radius 3 is 2.77 bits per heavy atom. The van der Waals surface area contributed by atoms with Crippen molar-refractivity contribution in [2.75, 3.05) is 37.4 Å². The molecule has 1 unspecified atom stereocenters. The molecule has 1 saturated heterocycles. The van der Waals surface area contributed by atoms with Crippen LogP contribution < -0.4 is 10.6 Å². The molecule has 204 valence electrons. The van der Waals surface area contributed by atoms with Gasteiger partial charge in [0.25, 0.3) is 0 Å². The van der Waals surface area contributed by atoms with Gasteiger partial charge in [0.05, 0.1) is 35.6 Å². The third-order valence-electron chi connectivity index (χ3n) is 6.48. The van der Waals surface area contributed by atoms with Gasteiger partial charge in [0.2, 0.25) is 0 Å². The van der Waals surface area contributed by atoms with Gasteiger partial charge in [-0.15, -0.1) is 11.3 Å². The molecule has 1 aliphatic heterocycles. The second-order valence-corrected chi connectivity index (χ2v) is 11.1. The maximum absolute atomic E-state index is 12.5. The molecule has 13 heteroatoms. The second-order valence-electron chi connectivity index (χ2n) is 9.13. The molecule has 0 saturated carbocycles. The van der Waals surface area contributed by atoms with E-state index in [2.05, 4.69) is 15.0 Å². The Balaban J connectivity index is 1.50. The molecular formula is C26H26Cl2N6O4S. The Kier molecular flexibility index (Phi) is 7.92. The minimum absolute atomic E-state index is 0.191. The SMILES string of the molecule is CCOC(=O)c1cc2c(N3CCCC(Cc4nc(N)c(C(=O)OC)s4)C3)nc(-c3ccc(Cl)cc3Cl)cn2n1. The summed E-state index contributed by atoms with van der Waals surface area (Å²) in [5.74, 6) is 0.129. The highest BCUT2D eigenvalue weighted by Gasteiger charge is 2.27. The fourth-order valence-electron chi connectivity index (χ4n) is 4.72. The largest absolute Gasteiger partial charge is 0.465 e. The van der Waals surface area contributed by atoms with Gasteiger partial charge in [0.1, 0.15) is 11.3 Å². The Labute approximate surface area is 238 Å². The number of aromatic nitrogens is 4. The molecule has 2 N–H and O–H groups in total. The highest BCUT2D eigenvalue weighted by molar-refractivity contribution is 7.14. The van der Waals surface area contributed by atoms with Crippen molar-refractivity contribution in [3.05, 3.63) is 56.1 Å². The van der Waals surface area contributed by atoms with E-state index in [0.717, 1.165) is 24.4 Å². The number of methoxy groups -OCH3 is 1. The lowest BCUT2D eigenvalue weighted by atomic mass is 9.95. The summed E-state index contributed by atoms with van der Waals surface area (Å²) in [5.41, 5.74) is 8.12. The molecule has 1 aromatic carbocycles. The number of fused-ring (bicyclic) bond motifs is 1. The van der Waals surface area contributed by atoms with Crippen LogP contribution in [0.3, 0.4) is 0 Å². The van der Waals surface area contributed by atoms with E-state index < -0.39 is 11.9 Å². The highest BCUT2D eigenvalue weighted by atomic mass is 35.5. The molecular weight excluding hydrogens is 563 g/mol. The average Bonchev–Trinajstić information content (AvgIpc) is 3.51. The zero-order valence-corrected chi connectivity index (χ0v) is 23.6. The van der Waals surface area contributed by atoms with Gasteiger partial charge in [0, 0.05) is 36.2 Å². The summed E-state index contributed by atoms with van der Waals surface area (Å²) >= 11 is 13.9. The van der Waals surface area contributed by atoms with E-state index in [-0.39, 0.29) is 24.0 Å². The fraction of sp³-hybridized carbons (Fsp3) is 0.346. The number of esters is 2. The first kappa shape index (κ1) is 27.2. The van der Waals surface area contributed by atoms with Crippen molar-refractivity contribution in [2.45, 2.75) is 26.2 Å². The Hall–Kier alpha value is -3.41. The minimum atomic E-state index is -0.502. The number of nitrogens with two attached hydrogens (primary N) is 1. The molecule has 0 spiro atoms. The van der Waals surface area contributed by atoms with Gasteiger partial charge >= 0.3 is 11.9 Å². The first-order chi connectivity index (χ1) is 18.8. The van der Waals surface area contributed by atoms with Crippen LogP contribution >= 0.6 is 34.5 Å². The van der Waals surface area contributed by atoms with Gasteiger partial charge in [0.15, 0.2) is 16.4 Å². The molecule has 5 rings (SSSR count). The van der Waals surface area contributed by atoms with E-state index in [9.17, 15) is 9.59 Å². The van der Waals surface area contributed by atoms with Gasteiger partial charge in [-0.3, -0.25) is 0 Å². The van der Waals surface area contributed by atoms with Crippen LogP contribution in [0.2, 0.25) is 10.0 Å². The van der Waals surface area contributed by atoms with Crippen LogP contribution in [0, 0.1) is 5.92 Å². The van der Waals surface area contributed by atoms with Crippen LogP contribution in [-0.2, 0) is 15.9 Å². The number of halogens is 2. The molecule has 4 heterocycles. The molecule has 10 nitrogen and oxygen atoms in total. The third-order valence-corrected chi connectivity index (χ3v) is 8.10. The van der Waals surface area contributed by atoms with Crippen molar-refractivity contribution >= 4 is 63.6 Å². The number of hydrogen-bond acceptors (Lipinski definition) is 10. The summed E-state index contributed by atoms with van der Waals surface area (Å²) in [6.45, 7) is 3.45. The van der Waals surface area contributed by atoms with Gasteiger partial charge in [-0.1, -0.05) is 23.2 Å². The normalized spacial score (nSPS) is 15.5. The van der Waals surface area contributed by atoms with E-state index in [4.69, 9.17) is 43.4 Å². The molecule has 1 fully saturated rings. The Bertz CT molecular complexity index is 1550. The van der Waals surface area contributed by atoms with E-state index in [0.29, 0.717) is 50.5 Å². The molecule has 1 atom stereocenters. The maximum Gasteiger partial charge on any atom is 0.358 e. The molecule has 4 aromatic rings. The quantitative estimate of drug-likeness (QED) is 0.291. The van der Waals surface area contributed by atoms with E-state index in [1.165, 1.54) is 18.4 Å². The van der Waals surface area contributed by atoms with Gasteiger partial charge < -0.3 is 20.1 Å². The van der Waals surface area contributed by atoms with Crippen molar-refractivity contribution in [3.8, 4) is 11.3 Å². The van der Waals surface area contributed by atoms with Gasteiger partial charge in [-0.05, 0) is 43.9 Å². The van der Waals surface area contributed by atoms with Crippen molar-refractivity contribution in [1.82, 2.24) is 19.6 Å². The topological polar surface area (TPSA) is 125 Å². The van der Waals surface area contributed by atoms with Crippen LogP contribution in [0.5, 0.6) is 0 Å². The van der Waals surface area contributed by atoms with Crippen molar-refractivity contribution in [2.24, 2.45) is 5.92 Å². The number of hydrogen-bond donors (Lipinski definition) is 1. The van der Waals surface area contributed by atoms with Crippen LogP contribution in [-0.4, -0.2) is 58.3 Å². The van der Waals surface area contributed by atoms with Crippen LogP contribution in [0.4, 0.5) is 11.6 Å². The first-order valence-electron chi connectivity index (χ1n) is 12.4. The molecule has 0 radical (unpaired) electrons. The number of ether oxygens (including phenoxy) is 2. The number of nitrogen functional groups attached to an aromatic ring is 1. The lowest BCUT2D eigenvalue weighted by molar-refractivity contribution is 0.0518. The second kappa shape index (κ2) is 11.4. The monoisotopic (exact) mass is 588 g/mol. The van der Waals surface area contributed by atoms with Gasteiger partial charge in [-0.25, -0.2) is 24.1 Å². The number of piperidine rings is 1. The number of carbonyl (C=O) groups is 2. The molecule has 0 amide bonds. The number of benzene rings is 1. The Morgan fingerprint density at radius 1 is 1.21 bits per heavy atom. The van der Waals surface area contributed by atoms with Gasteiger partial charge in [-0.2, -0.15) is 5.10 Å². The zero-order chi connectivity index (χ0) is 27.7. The van der Waals surface area contributed by atoms with Crippen LogP contribution in [0.25, 0.3) is 16.8 Å². The average molecular weight is 590 g/mol. The van der Waals surface area contributed by atoms with E-state index in [1.54, 1.807) is 35.8 Å². The van der Waals surface area contributed by atoms with Crippen LogP contribution in [0.15, 0.2) is 30.5 Å². The van der Waals surface area contributed by atoms with Crippen molar-refractivity contribution in [1.29, 1.82) is 0 Å².